The number of aliphatic imine (C=N–C) groups is 1. The molecule has 7 nitrogen and oxygen atoms in total. The van der Waals surface area contributed by atoms with Crippen LogP contribution >= 0.6 is 24.0 Å². The lowest BCUT2D eigenvalue weighted by Gasteiger charge is -2.45. The van der Waals surface area contributed by atoms with Gasteiger partial charge >= 0.3 is 0 Å². The molecule has 2 aliphatic heterocycles. The summed E-state index contributed by atoms with van der Waals surface area (Å²) < 4.78 is 11.3. The fraction of sp³-hybridized carbons (Fsp3) is 0.545. The van der Waals surface area contributed by atoms with Crippen molar-refractivity contribution in [3.63, 3.8) is 0 Å². The average Bonchev–Trinajstić information content (AvgIpc) is 3.48. The molecule has 0 unspecified atom stereocenters. The number of ether oxygens (including phenoxy) is 1. The summed E-state index contributed by atoms with van der Waals surface area (Å²) in [7, 11) is 1.81. The molecule has 0 spiro atoms. The van der Waals surface area contributed by atoms with Gasteiger partial charge < -0.3 is 19.8 Å². The summed E-state index contributed by atoms with van der Waals surface area (Å²) in [6, 6.07) is 9.94. The van der Waals surface area contributed by atoms with E-state index in [1.807, 2.05) is 30.3 Å². The number of hydrogen-bond acceptors (Lipinski definition) is 5. The van der Waals surface area contributed by atoms with Gasteiger partial charge in [0.2, 0.25) is 5.89 Å². The van der Waals surface area contributed by atoms with Gasteiger partial charge in [0.25, 0.3) is 0 Å². The Morgan fingerprint density at radius 2 is 1.87 bits per heavy atom. The van der Waals surface area contributed by atoms with E-state index in [1.54, 1.807) is 13.3 Å². The van der Waals surface area contributed by atoms with Crippen LogP contribution in [0.15, 0.2) is 46.0 Å². The highest BCUT2D eigenvalue weighted by Crippen LogP contribution is 2.30. The molecule has 164 valence electrons. The van der Waals surface area contributed by atoms with Crippen molar-refractivity contribution in [2.24, 2.45) is 4.99 Å². The van der Waals surface area contributed by atoms with Crippen LogP contribution in [0.4, 0.5) is 0 Å². The Hall–Kier alpha value is -1.65. The van der Waals surface area contributed by atoms with E-state index in [0.29, 0.717) is 12.4 Å². The monoisotopic (exact) mass is 525 g/mol. The van der Waals surface area contributed by atoms with Crippen LogP contribution in [0.1, 0.15) is 31.4 Å². The molecular weight excluding hydrogens is 493 g/mol. The van der Waals surface area contributed by atoms with Gasteiger partial charge in [0.1, 0.15) is 6.26 Å². The molecule has 1 aromatic heterocycles. The van der Waals surface area contributed by atoms with Crippen molar-refractivity contribution >= 4 is 29.9 Å². The van der Waals surface area contributed by atoms with Gasteiger partial charge in [-0.1, -0.05) is 18.2 Å². The molecule has 0 aliphatic carbocycles. The number of hydrogen-bond donors (Lipinski definition) is 2. The van der Waals surface area contributed by atoms with Crippen molar-refractivity contribution in [2.45, 2.75) is 37.8 Å². The third-order valence-corrected chi connectivity index (χ3v) is 6.02. The Morgan fingerprint density at radius 3 is 2.57 bits per heavy atom. The Kier molecular flexibility index (Phi) is 8.52. The highest BCUT2D eigenvalue weighted by atomic mass is 127. The summed E-state index contributed by atoms with van der Waals surface area (Å²) in [6.45, 7) is 5.50. The molecule has 2 fully saturated rings. The molecule has 3 heterocycles. The second-order valence-corrected chi connectivity index (χ2v) is 7.82. The maximum atomic E-state index is 5.64. The third-order valence-electron chi connectivity index (χ3n) is 6.02. The maximum absolute atomic E-state index is 5.64. The van der Waals surface area contributed by atoms with Crippen LogP contribution in [-0.4, -0.2) is 61.3 Å². The number of guanidine groups is 1. The zero-order valence-electron chi connectivity index (χ0n) is 17.6. The van der Waals surface area contributed by atoms with E-state index in [9.17, 15) is 0 Å². The van der Waals surface area contributed by atoms with E-state index >= 15 is 0 Å². The SMILES string of the molecule is CN=C(NCc1coc(-c2ccccc2)n1)NCC1(N2CCCC2)CCOCC1.I. The van der Waals surface area contributed by atoms with Crippen molar-refractivity contribution in [1.29, 1.82) is 0 Å². The van der Waals surface area contributed by atoms with Crippen LogP contribution in [0.5, 0.6) is 0 Å². The first-order chi connectivity index (χ1) is 14.3. The number of nitrogens with one attached hydrogen (secondary N) is 2. The van der Waals surface area contributed by atoms with Gasteiger partial charge in [-0.15, -0.1) is 24.0 Å². The van der Waals surface area contributed by atoms with Crippen LogP contribution < -0.4 is 10.6 Å². The van der Waals surface area contributed by atoms with Crippen molar-refractivity contribution in [3.8, 4) is 11.5 Å². The lowest BCUT2D eigenvalue weighted by Crippen LogP contribution is -2.58. The molecule has 1 aromatic carbocycles. The highest BCUT2D eigenvalue weighted by Gasteiger charge is 2.39. The van der Waals surface area contributed by atoms with Crippen LogP contribution in [-0.2, 0) is 11.3 Å². The first-order valence-electron chi connectivity index (χ1n) is 10.6. The topological polar surface area (TPSA) is 74.9 Å². The maximum Gasteiger partial charge on any atom is 0.226 e. The van der Waals surface area contributed by atoms with E-state index in [4.69, 9.17) is 9.15 Å². The van der Waals surface area contributed by atoms with E-state index < -0.39 is 0 Å². The molecule has 30 heavy (non-hydrogen) atoms. The molecule has 2 N–H and O–H groups in total. The first kappa shape index (κ1) is 23.0. The molecule has 2 saturated heterocycles. The third kappa shape index (κ3) is 5.53. The van der Waals surface area contributed by atoms with Crippen LogP contribution in [0.25, 0.3) is 11.5 Å². The number of halogens is 1. The summed E-state index contributed by atoms with van der Waals surface area (Å²) in [5.41, 5.74) is 2.00. The van der Waals surface area contributed by atoms with Crippen LogP contribution in [0.3, 0.4) is 0 Å². The first-order valence-corrected chi connectivity index (χ1v) is 10.6. The lowest BCUT2D eigenvalue weighted by molar-refractivity contribution is -0.0164. The van der Waals surface area contributed by atoms with Crippen molar-refractivity contribution < 1.29 is 9.15 Å². The molecule has 0 atom stereocenters. The Balaban J connectivity index is 0.00000256. The van der Waals surface area contributed by atoms with Crippen LogP contribution in [0, 0.1) is 0 Å². The Bertz CT molecular complexity index is 799. The van der Waals surface area contributed by atoms with Crippen molar-refractivity contribution in [3.05, 3.63) is 42.3 Å². The summed E-state index contributed by atoms with van der Waals surface area (Å²) in [4.78, 5) is 11.6. The molecular formula is C22H32IN5O2. The van der Waals surface area contributed by atoms with E-state index in [-0.39, 0.29) is 29.5 Å². The van der Waals surface area contributed by atoms with Crippen molar-refractivity contribution in [1.82, 2.24) is 20.5 Å². The smallest absolute Gasteiger partial charge is 0.226 e. The predicted molar refractivity (Wildman–Crippen MR) is 129 cm³/mol. The Labute approximate surface area is 195 Å². The fourth-order valence-electron chi connectivity index (χ4n) is 4.29. The molecule has 4 rings (SSSR count). The van der Waals surface area contributed by atoms with Gasteiger partial charge in [0.15, 0.2) is 5.96 Å². The van der Waals surface area contributed by atoms with Crippen molar-refractivity contribution in [2.75, 3.05) is 39.9 Å². The van der Waals surface area contributed by atoms with E-state index in [1.165, 1.54) is 25.9 Å². The quantitative estimate of drug-likeness (QED) is 0.343. The van der Waals surface area contributed by atoms with Gasteiger partial charge in [-0.05, 0) is 50.9 Å². The molecule has 0 saturated carbocycles. The molecule has 8 heteroatoms. The summed E-state index contributed by atoms with van der Waals surface area (Å²) in [5, 5.41) is 6.91. The Morgan fingerprint density at radius 1 is 1.13 bits per heavy atom. The summed E-state index contributed by atoms with van der Waals surface area (Å²) in [5.74, 6) is 1.43. The number of nitrogens with zero attached hydrogens (tertiary/aromatic N) is 3. The predicted octanol–water partition coefficient (Wildman–Crippen LogP) is 3.27. The second kappa shape index (κ2) is 11.1. The van der Waals surface area contributed by atoms with Gasteiger partial charge in [-0.2, -0.15) is 0 Å². The second-order valence-electron chi connectivity index (χ2n) is 7.82. The minimum absolute atomic E-state index is 0. The molecule has 2 aromatic rings. The highest BCUT2D eigenvalue weighted by molar-refractivity contribution is 14.0. The summed E-state index contributed by atoms with van der Waals surface area (Å²) >= 11 is 0. The molecule has 0 bridgehead atoms. The number of likely N-dealkylation sites (tertiary alicyclic amines) is 1. The normalized spacial score (nSPS) is 19.3. The molecule has 0 amide bonds. The fourth-order valence-corrected chi connectivity index (χ4v) is 4.29. The minimum atomic E-state index is 0. The van der Waals surface area contributed by atoms with Gasteiger partial charge in [0.05, 0.1) is 12.2 Å². The molecule has 0 radical (unpaired) electrons. The van der Waals surface area contributed by atoms with Gasteiger partial charge in [0, 0.05) is 37.9 Å². The number of oxazole rings is 1. The van der Waals surface area contributed by atoms with Gasteiger partial charge in [-0.25, -0.2) is 4.98 Å². The zero-order valence-corrected chi connectivity index (χ0v) is 19.9. The number of aromatic nitrogens is 1. The summed E-state index contributed by atoms with van der Waals surface area (Å²) in [6.07, 6.45) is 6.44. The molecule has 2 aliphatic rings. The van der Waals surface area contributed by atoms with E-state index in [2.05, 4.69) is 25.5 Å². The lowest BCUT2D eigenvalue weighted by atomic mass is 9.88. The number of benzene rings is 1. The minimum Gasteiger partial charge on any atom is -0.444 e. The number of rotatable bonds is 6. The van der Waals surface area contributed by atoms with Crippen LogP contribution in [0.2, 0.25) is 0 Å². The largest absolute Gasteiger partial charge is 0.444 e. The zero-order chi connectivity index (χ0) is 19.9. The van der Waals surface area contributed by atoms with E-state index in [0.717, 1.165) is 49.8 Å². The van der Waals surface area contributed by atoms with Gasteiger partial charge in [-0.3, -0.25) is 9.89 Å². The standard InChI is InChI=1S/C22H31N5O2.HI/c1-23-21(24-15-19-16-29-20(26-19)18-7-3-2-4-8-18)25-17-22(9-13-28-14-10-22)27-11-5-6-12-27;/h2-4,7-8,16H,5-6,9-15,17H2,1H3,(H2,23,24,25);1H. The average molecular weight is 525 g/mol.